The maximum atomic E-state index is 12.3. The summed E-state index contributed by atoms with van der Waals surface area (Å²) in [5.41, 5.74) is 6.01. The van der Waals surface area contributed by atoms with Crippen LogP contribution in [-0.2, 0) is 16.1 Å². The van der Waals surface area contributed by atoms with Gasteiger partial charge in [0.2, 0.25) is 11.8 Å². The minimum atomic E-state index is -0.774. The Kier molecular flexibility index (Phi) is 4.15. The second kappa shape index (κ2) is 6.08. The van der Waals surface area contributed by atoms with Crippen LogP contribution in [0.4, 0.5) is 5.69 Å². The molecule has 2 aliphatic carbocycles. The monoisotopic (exact) mass is 305 g/mol. The molecule has 2 aliphatic rings. The number of amides is 2. The van der Waals surface area contributed by atoms with Gasteiger partial charge in [-0.3, -0.25) is 14.3 Å². The van der Waals surface area contributed by atoms with Crippen LogP contribution in [0.3, 0.4) is 0 Å². The zero-order valence-electron chi connectivity index (χ0n) is 12.7. The van der Waals surface area contributed by atoms with Gasteiger partial charge in [-0.15, -0.1) is 0 Å². The van der Waals surface area contributed by atoms with Gasteiger partial charge < -0.3 is 16.4 Å². The van der Waals surface area contributed by atoms with Crippen LogP contribution < -0.4 is 16.4 Å². The normalized spacial score (nSPS) is 20.4. The molecule has 2 saturated carbocycles. The quantitative estimate of drug-likeness (QED) is 0.747. The number of hydrogen-bond donors (Lipinski definition) is 3. The van der Waals surface area contributed by atoms with Gasteiger partial charge in [-0.25, -0.2) is 0 Å². The molecule has 22 heavy (non-hydrogen) atoms. The van der Waals surface area contributed by atoms with E-state index in [-0.39, 0.29) is 18.4 Å². The number of nitrogens with two attached hydrogens (primary N) is 1. The fourth-order valence-electron chi connectivity index (χ4n) is 2.83. The van der Waals surface area contributed by atoms with E-state index in [0.29, 0.717) is 11.7 Å². The molecular formula is C15H23N5O2. The van der Waals surface area contributed by atoms with Crippen LogP contribution in [0.15, 0.2) is 12.4 Å². The van der Waals surface area contributed by atoms with Crippen LogP contribution in [0.25, 0.3) is 0 Å². The van der Waals surface area contributed by atoms with Crippen LogP contribution >= 0.6 is 0 Å². The van der Waals surface area contributed by atoms with Gasteiger partial charge in [0, 0.05) is 12.2 Å². The highest BCUT2D eigenvalue weighted by Gasteiger charge is 2.35. The van der Waals surface area contributed by atoms with Crippen LogP contribution in [0.2, 0.25) is 0 Å². The molecule has 2 amide bonds. The van der Waals surface area contributed by atoms with E-state index < -0.39 is 5.54 Å². The second-order valence-corrected chi connectivity index (χ2v) is 6.44. The first-order valence-electron chi connectivity index (χ1n) is 7.97. The maximum absolute atomic E-state index is 12.3. The van der Waals surface area contributed by atoms with Crippen molar-refractivity contribution in [2.45, 2.75) is 63.1 Å². The number of anilines is 1. The van der Waals surface area contributed by atoms with Gasteiger partial charge in [0.05, 0.1) is 17.4 Å². The van der Waals surface area contributed by atoms with Crippen molar-refractivity contribution in [1.29, 1.82) is 0 Å². The van der Waals surface area contributed by atoms with Crippen molar-refractivity contribution < 1.29 is 9.59 Å². The summed E-state index contributed by atoms with van der Waals surface area (Å²) in [7, 11) is 0. The fourth-order valence-corrected chi connectivity index (χ4v) is 2.83. The van der Waals surface area contributed by atoms with Gasteiger partial charge in [0.25, 0.3) is 0 Å². The summed E-state index contributed by atoms with van der Waals surface area (Å²) < 4.78 is 1.53. The smallest absolute Gasteiger partial charge is 0.244 e. The summed E-state index contributed by atoms with van der Waals surface area (Å²) in [6.45, 7) is 0.167. The first-order chi connectivity index (χ1) is 10.5. The molecule has 0 unspecified atom stereocenters. The molecule has 0 atom stereocenters. The first kappa shape index (κ1) is 15.0. The van der Waals surface area contributed by atoms with Gasteiger partial charge in [-0.05, 0) is 25.7 Å². The molecule has 0 radical (unpaired) electrons. The van der Waals surface area contributed by atoms with E-state index in [1.165, 1.54) is 4.68 Å². The van der Waals surface area contributed by atoms with Crippen molar-refractivity contribution in [3.05, 3.63) is 12.4 Å². The molecule has 0 spiro atoms. The third kappa shape index (κ3) is 3.65. The van der Waals surface area contributed by atoms with E-state index in [0.717, 1.165) is 44.9 Å². The van der Waals surface area contributed by atoms with Crippen molar-refractivity contribution >= 4 is 17.5 Å². The van der Waals surface area contributed by atoms with Crippen LogP contribution in [0.1, 0.15) is 44.9 Å². The summed E-state index contributed by atoms with van der Waals surface area (Å²) in [5.74, 6) is -0.208. The Morgan fingerprint density at radius 1 is 1.32 bits per heavy atom. The molecule has 4 N–H and O–H groups in total. The summed E-state index contributed by atoms with van der Waals surface area (Å²) in [6, 6.07) is 0.339. The van der Waals surface area contributed by atoms with Gasteiger partial charge in [0.1, 0.15) is 6.54 Å². The summed E-state index contributed by atoms with van der Waals surface area (Å²) in [5, 5.41) is 9.83. The van der Waals surface area contributed by atoms with Crippen molar-refractivity contribution in [1.82, 2.24) is 15.1 Å². The molecule has 0 bridgehead atoms. The topological polar surface area (TPSA) is 102 Å². The molecule has 120 valence electrons. The molecule has 0 aliphatic heterocycles. The number of carbonyl (C=O) groups is 2. The van der Waals surface area contributed by atoms with Gasteiger partial charge in [-0.1, -0.05) is 19.3 Å². The fraction of sp³-hybridized carbons (Fsp3) is 0.667. The Morgan fingerprint density at radius 2 is 2.05 bits per heavy atom. The molecule has 7 heteroatoms. The summed E-state index contributed by atoms with van der Waals surface area (Å²) >= 11 is 0. The molecule has 1 aromatic heterocycles. The Bertz CT molecular complexity index is 558. The third-order valence-electron chi connectivity index (χ3n) is 4.34. The highest BCUT2D eigenvalue weighted by Crippen LogP contribution is 2.27. The van der Waals surface area contributed by atoms with Gasteiger partial charge in [0.15, 0.2) is 0 Å². The summed E-state index contributed by atoms with van der Waals surface area (Å²) in [4.78, 5) is 24.0. The molecule has 1 aromatic rings. The Hall–Kier alpha value is -1.89. The average molecular weight is 305 g/mol. The van der Waals surface area contributed by atoms with Crippen LogP contribution in [-0.4, -0.2) is 33.2 Å². The predicted octanol–water partition coefficient (Wildman–Crippen LogP) is 0.762. The van der Waals surface area contributed by atoms with Gasteiger partial charge in [-0.2, -0.15) is 5.10 Å². The van der Waals surface area contributed by atoms with Crippen molar-refractivity contribution in [2.75, 3.05) is 5.32 Å². The number of rotatable bonds is 5. The SMILES string of the molecule is NC1(C(=O)Nc2cnn(CC(=O)NC3CC3)c2)CCCCC1. The Labute approximate surface area is 129 Å². The van der Waals surface area contributed by atoms with Crippen molar-refractivity contribution in [3.63, 3.8) is 0 Å². The Morgan fingerprint density at radius 3 is 2.73 bits per heavy atom. The zero-order valence-corrected chi connectivity index (χ0v) is 12.7. The molecule has 0 saturated heterocycles. The molecule has 0 aromatic carbocycles. The molecule has 7 nitrogen and oxygen atoms in total. The molecule has 1 heterocycles. The van der Waals surface area contributed by atoms with Crippen LogP contribution in [0, 0.1) is 0 Å². The molecular weight excluding hydrogens is 282 g/mol. The number of carbonyl (C=O) groups excluding carboxylic acids is 2. The maximum Gasteiger partial charge on any atom is 0.244 e. The van der Waals surface area contributed by atoms with Crippen LogP contribution in [0.5, 0.6) is 0 Å². The highest BCUT2D eigenvalue weighted by molar-refractivity contribution is 5.97. The van der Waals surface area contributed by atoms with E-state index in [1.54, 1.807) is 12.4 Å². The lowest BCUT2D eigenvalue weighted by molar-refractivity contribution is -0.122. The van der Waals surface area contributed by atoms with E-state index >= 15 is 0 Å². The van der Waals surface area contributed by atoms with E-state index in [1.807, 2.05) is 0 Å². The lowest BCUT2D eigenvalue weighted by atomic mass is 9.82. The second-order valence-electron chi connectivity index (χ2n) is 6.44. The number of nitrogens with one attached hydrogen (secondary N) is 2. The zero-order chi connectivity index (χ0) is 15.6. The lowest BCUT2D eigenvalue weighted by Crippen LogP contribution is -2.52. The van der Waals surface area contributed by atoms with Crippen molar-refractivity contribution in [3.8, 4) is 0 Å². The third-order valence-corrected chi connectivity index (χ3v) is 4.34. The molecule has 3 rings (SSSR count). The minimum Gasteiger partial charge on any atom is -0.352 e. The minimum absolute atomic E-state index is 0.0500. The number of nitrogens with zero attached hydrogens (tertiary/aromatic N) is 2. The Balaban J connectivity index is 1.54. The predicted molar refractivity (Wildman–Crippen MR) is 82.0 cm³/mol. The number of hydrogen-bond acceptors (Lipinski definition) is 4. The highest BCUT2D eigenvalue weighted by atomic mass is 16.2. The largest absolute Gasteiger partial charge is 0.352 e. The van der Waals surface area contributed by atoms with Gasteiger partial charge >= 0.3 is 0 Å². The lowest BCUT2D eigenvalue weighted by Gasteiger charge is -2.31. The summed E-state index contributed by atoms with van der Waals surface area (Å²) in [6.07, 6.45) is 9.89. The standard InChI is InChI=1S/C15H23N5O2/c16-15(6-2-1-3-7-15)14(22)19-12-8-17-20(9-12)10-13(21)18-11-4-5-11/h8-9,11H,1-7,10,16H2,(H,18,21)(H,19,22). The van der Waals surface area contributed by atoms with Crippen molar-refractivity contribution in [2.24, 2.45) is 5.73 Å². The van der Waals surface area contributed by atoms with E-state index in [4.69, 9.17) is 5.73 Å². The average Bonchev–Trinajstić information content (AvgIpc) is 3.18. The van der Waals surface area contributed by atoms with E-state index in [2.05, 4.69) is 15.7 Å². The molecule has 2 fully saturated rings. The number of aromatic nitrogens is 2. The van der Waals surface area contributed by atoms with E-state index in [9.17, 15) is 9.59 Å². The first-order valence-corrected chi connectivity index (χ1v) is 7.97.